The number of rotatable bonds is 2. The number of aryl methyl sites for hydroxylation is 2. The highest BCUT2D eigenvalue weighted by molar-refractivity contribution is 7.92. The van der Waals surface area contributed by atoms with Gasteiger partial charge in [-0.05, 0) is 39.3 Å². The molecule has 0 aliphatic carbocycles. The van der Waals surface area contributed by atoms with E-state index >= 15 is 0 Å². The van der Waals surface area contributed by atoms with Gasteiger partial charge in [-0.1, -0.05) is 17.7 Å². The lowest BCUT2D eigenvalue weighted by Crippen LogP contribution is -2.15. The average molecular weight is 212 g/mol. The molecule has 0 saturated carbocycles. The molecule has 2 nitrogen and oxygen atoms in total. The van der Waals surface area contributed by atoms with Crippen LogP contribution in [0.3, 0.4) is 0 Å². The molecule has 0 aromatic heterocycles. The molecular formula is C11H16O2S. The van der Waals surface area contributed by atoms with Crippen molar-refractivity contribution in [1.29, 1.82) is 0 Å². The SMILES string of the molecule is Cc1ccc(S(=O)(=O)C(C)C)c(C)c1. The van der Waals surface area contributed by atoms with Gasteiger partial charge < -0.3 is 0 Å². The second-order valence-electron chi connectivity index (χ2n) is 3.86. The molecule has 0 unspecified atom stereocenters. The lowest BCUT2D eigenvalue weighted by Gasteiger charge is -2.10. The number of hydrogen-bond donors (Lipinski definition) is 0. The van der Waals surface area contributed by atoms with Crippen molar-refractivity contribution in [3.63, 3.8) is 0 Å². The Labute approximate surface area is 85.9 Å². The Morgan fingerprint density at radius 2 is 1.71 bits per heavy atom. The summed E-state index contributed by atoms with van der Waals surface area (Å²) in [6.07, 6.45) is 0. The third-order valence-electron chi connectivity index (χ3n) is 2.26. The maximum atomic E-state index is 11.9. The Morgan fingerprint density at radius 3 is 2.14 bits per heavy atom. The largest absolute Gasteiger partial charge is 0.223 e. The molecule has 0 radical (unpaired) electrons. The van der Waals surface area contributed by atoms with Gasteiger partial charge in [0.1, 0.15) is 0 Å². The van der Waals surface area contributed by atoms with Crippen LogP contribution in [0.4, 0.5) is 0 Å². The second kappa shape index (κ2) is 3.73. The highest BCUT2D eigenvalue weighted by atomic mass is 32.2. The van der Waals surface area contributed by atoms with Gasteiger partial charge >= 0.3 is 0 Å². The summed E-state index contributed by atoms with van der Waals surface area (Å²) in [5, 5.41) is -0.357. The smallest absolute Gasteiger partial charge is 0.180 e. The molecule has 1 aromatic rings. The van der Waals surface area contributed by atoms with Crippen molar-refractivity contribution in [3.05, 3.63) is 29.3 Å². The van der Waals surface area contributed by atoms with Gasteiger partial charge in [0.15, 0.2) is 9.84 Å². The standard InChI is InChI=1S/C11H16O2S/c1-8(2)14(12,13)11-6-5-9(3)7-10(11)4/h5-8H,1-4H3. The van der Waals surface area contributed by atoms with Crippen LogP contribution in [-0.4, -0.2) is 13.7 Å². The number of sulfone groups is 1. The zero-order valence-corrected chi connectivity index (χ0v) is 9.85. The third-order valence-corrected chi connectivity index (χ3v) is 4.57. The minimum absolute atomic E-state index is 0.357. The van der Waals surface area contributed by atoms with E-state index in [-0.39, 0.29) is 5.25 Å². The summed E-state index contributed by atoms with van der Waals surface area (Å²) in [5.41, 5.74) is 1.92. The van der Waals surface area contributed by atoms with E-state index in [9.17, 15) is 8.42 Å². The van der Waals surface area contributed by atoms with Crippen LogP contribution in [-0.2, 0) is 9.84 Å². The van der Waals surface area contributed by atoms with Crippen molar-refractivity contribution in [2.24, 2.45) is 0 Å². The molecule has 1 rings (SSSR count). The Balaban J connectivity index is 3.35. The Kier molecular flexibility index (Phi) is 3.00. The molecule has 0 heterocycles. The predicted octanol–water partition coefficient (Wildman–Crippen LogP) is 2.49. The number of hydrogen-bond acceptors (Lipinski definition) is 2. The molecule has 78 valence electrons. The van der Waals surface area contributed by atoms with Gasteiger partial charge in [-0.3, -0.25) is 0 Å². The molecule has 0 atom stereocenters. The Hall–Kier alpha value is -0.830. The van der Waals surface area contributed by atoms with E-state index < -0.39 is 9.84 Å². The van der Waals surface area contributed by atoms with Gasteiger partial charge in [-0.2, -0.15) is 0 Å². The van der Waals surface area contributed by atoms with Crippen LogP contribution in [0.25, 0.3) is 0 Å². The van der Waals surface area contributed by atoms with E-state index in [1.807, 2.05) is 26.0 Å². The highest BCUT2D eigenvalue weighted by Crippen LogP contribution is 2.20. The summed E-state index contributed by atoms with van der Waals surface area (Å²) < 4.78 is 23.7. The van der Waals surface area contributed by atoms with E-state index in [2.05, 4.69) is 0 Å². The van der Waals surface area contributed by atoms with E-state index in [1.54, 1.807) is 19.9 Å². The maximum absolute atomic E-state index is 11.9. The Morgan fingerprint density at radius 1 is 1.14 bits per heavy atom. The van der Waals surface area contributed by atoms with E-state index in [0.29, 0.717) is 4.90 Å². The molecule has 1 aromatic carbocycles. The van der Waals surface area contributed by atoms with E-state index in [0.717, 1.165) is 11.1 Å². The van der Waals surface area contributed by atoms with Gasteiger partial charge in [-0.25, -0.2) is 8.42 Å². The summed E-state index contributed by atoms with van der Waals surface area (Å²) >= 11 is 0. The van der Waals surface area contributed by atoms with Crippen LogP contribution in [0.2, 0.25) is 0 Å². The molecule has 0 aliphatic rings. The van der Waals surface area contributed by atoms with Gasteiger partial charge in [0, 0.05) is 0 Å². The molecule has 3 heteroatoms. The van der Waals surface area contributed by atoms with E-state index in [4.69, 9.17) is 0 Å². The summed E-state index contributed by atoms with van der Waals surface area (Å²) in [7, 11) is -3.12. The van der Waals surface area contributed by atoms with Crippen molar-refractivity contribution < 1.29 is 8.42 Å². The van der Waals surface area contributed by atoms with Crippen LogP contribution >= 0.6 is 0 Å². The first-order valence-electron chi connectivity index (χ1n) is 4.67. The van der Waals surface area contributed by atoms with Crippen molar-refractivity contribution in [1.82, 2.24) is 0 Å². The van der Waals surface area contributed by atoms with Crippen molar-refractivity contribution in [2.45, 2.75) is 37.8 Å². The van der Waals surface area contributed by atoms with Gasteiger partial charge in [0.2, 0.25) is 0 Å². The third kappa shape index (κ3) is 1.98. The lowest BCUT2D eigenvalue weighted by molar-refractivity contribution is 0.587. The molecule has 0 N–H and O–H groups in total. The topological polar surface area (TPSA) is 34.1 Å². The maximum Gasteiger partial charge on any atom is 0.180 e. The first-order valence-corrected chi connectivity index (χ1v) is 6.21. The normalized spacial score (nSPS) is 12.1. The molecule has 14 heavy (non-hydrogen) atoms. The minimum atomic E-state index is -3.12. The summed E-state index contributed by atoms with van der Waals surface area (Å²) in [6, 6.07) is 5.43. The second-order valence-corrected chi connectivity index (χ2v) is 6.34. The quantitative estimate of drug-likeness (QED) is 0.754. The van der Waals surface area contributed by atoms with Crippen molar-refractivity contribution in [3.8, 4) is 0 Å². The first kappa shape index (κ1) is 11.2. The predicted molar refractivity (Wildman–Crippen MR) is 58.2 cm³/mol. The van der Waals surface area contributed by atoms with Gasteiger partial charge in [0.05, 0.1) is 10.1 Å². The van der Waals surface area contributed by atoms with Crippen molar-refractivity contribution >= 4 is 9.84 Å². The summed E-state index contributed by atoms with van der Waals surface area (Å²) in [5.74, 6) is 0. The molecular weight excluding hydrogens is 196 g/mol. The molecule has 0 fully saturated rings. The van der Waals surface area contributed by atoms with Crippen molar-refractivity contribution in [2.75, 3.05) is 0 Å². The number of benzene rings is 1. The fraction of sp³-hybridized carbons (Fsp3) is 0.455. The highest BCUT2D eigenvalue weighted by Gasteiger charge is 2.20. The van der Waals surface area contributed by atoms with Crippen LogP contribution in [0.5, 0.6) is 0 Å². The zero-order chi connectivity index (χ0) is 10.9. The van der Waals surface area contributed by atoms with Crippen LogP contribution in [0, 0.1) is 13.8 Å². The fourth-order valence-electron chi connectivity index (χ4n) is 1.37. The summed E-state index contributed by atoms with van der Waals surface area (Å²) in [4.78, 5) is 0.457. The van der Waals surface area contributed by atoms with Gasteiger partial charge in [0.25, 0.3) is 0 Å². The van der Waals surface area contributed by atoms with Crippen LogP contribution < -0.4 is 0 Å². The van der Waals surface area contributed by atoms with Crippen LogP contribution in [0.15, 0.2) is 23.1 Å². The molecule has 0 spiro atoms. The monoisotopic (exact) mass is 212 g/mol. The zero-order valence-electron chi connectivity index (χ0n) is 9.03. The minimum Gasteiger partial charge on any atom is -0.223 e. The first-order chi connectivity index (χ1) is 6.35. The van der Waals surface area contributed by atoms with Crippen LogP contribution in [0.1, 0.15) is 25.0 Å². The Bertz CT molecular complexity index is 431. The fourth-order valence-corrected chi connectivity index (χ4v) is 2.65. The molecule has 0 saturated heterocycles. The lowest BCUT2D eigenvalue weighted by atomic mass is 10.2. The molecule has 0 bridgehead atoms. The molecule has 0 amide bonds. The van der Waals surface area contributed by atoms with Gasteiger partial charge in [-0.15, -0.1) is 0 Å². The summed E-state index contributed by atoms with van der Waals surface area (Å²) in [6.45, 7) is 7.20. The molecule has 0 aliphatic heterocycles. The van der Waals surface area contributed by atoms with E-state index in [1.165, 1.54) is 0 Å². The average Bonchev–Trinajstić information content (AvgIpc) is 2.02.